The molecule has 1 fully saturated rings. The third-order valence-electron chi connectivity index (χ3n) is 3.84. The molecule has 142 valence electrons. The van der Waals surface area contributed by atoms with E-state index < -0.39 is 12.7 Å². The molecule has 0 saturated carbocycles. The van der Waals surface area contributed by atoms with Crippen molar-refractivity contribution in [2.24, 2.45) is 10.9 Å². The van der Waals surface area contributed by atoms with Gasteiger partial charge in [0.2, 0.25) is 0 Å². The maximum Gasteiger partial charge on any atom is 0.401 e. The molecule has 0 amide bonds. The maximum absolute atomic E-state index is 12.4. The molecular formula is C16H31F3N4O. The summed E-state index contributed by atoms with van der Waals surface area (Å²) in [4.78, 5) is 5.98. The van der Waals surface area contributed by atoms with Crippen molar-refractivity contribution in [1.82, 2.24) is 15.5 Å². The zero-order valence-electron chi connectivity index (χ0n) is 14.8. The number of ether oxygens (including phenoxy) is 1. The van der Waals surface area contributed by atoms with Crippen LogP contribution >= 0.6 is 0 Å². The monoisotopic (exact) mass is 352 g/mol. The Kier molecular flexibility index (Phi) is 10.1. The number of hydrogen-bond donors (Lipinski definition) is 2. The Morgan fingerprint density at radius 2 is 2.04 bits per heavy atom. The Hall–Kier alpha value is -1.02. The van der Waals surface area contributed by atoms with E-state index in [2.05, 4.69) is 15.6 Å². The van der Waals surface area contributed by atoms with Crippen molar-refractivity contribution >= 4 is 5.96 Å². The lowest BCUT2D eigenvalue weighted by Crippen LogP contribution is -2.38. The molecule has 1 rings (SSSR count). The van der Waals surface area contributed by atoms with E-state index in [4.69, 9.17) is 4.74 Å². The highest BCUT2D eigenvalue weighted by molar-refractivity contribution is 5.79. The van der Waals surface area contributed by atoms with Crippen molar-refractivity contribution in [2.45, 2.75) is 39.3 Å². The van der Waals surface area contributed by atoms with Crippen LogP contribution in [0.1, 0.15) is 33.1 Å². The minimum absolute atomic E-state index is 0.195. The number of halogens is 3. The van der Waals surface area contributed by atoms with Crippen LogP contribution in [0.4, 0.5) is 13.2 Å². The zero-order valence-corrected chi connectivity index (χ0v) is 14.8. The summed E-state index contributed by atoms with van der Waals surface area (Å²) in [5.41, 5.74) is 0. The molecule has 1 aliphatic heterocycles. The molecule has 0 radical (unpaired) electrons. The third-order valence-corrected chi connectivity index (χ3v) is 3.84. The van der Waals surface area contributed by atoms with Gasteiger partial charge in [-0.3, -0.25) is 9.89 Å². The molecule has 0 spiro atoms. The number of nitrogens with one attached hydrogen (secondary N) is 2. The van der Waals surface area contributed by atoms with Crippen LogP contribution in [0.3, 0.4) is 0 Å². The van der Waals surface area contributed by atoms with Gasteiger partial charge in [-0.25, -0.2) is 0 Å². The van der Waals surface area contributed by atoms with Gasteiger partial charge in [-0.15, -0.1) is 0 Å². The van der Waals surface area contributed by atoms with Crippen molar-refractivity contribution in [1.29, 1.82) is 0 Å². The lowest BCUT2D eigenvalue weighted by atomic mass is 10.1. The first-order chi connectivity index (χ1) is 11.4. The van der Waals surface area contributed by atoms with E-state index in [1.54, 1.807) is 0 Å². The third kappa shape index (κ3) is 9.97. The molecule has 8 heteroatoms. The summed E-state index contributed by atoms with van der Waals surface area (Å²) in [6.07, 6.45) is -1.36. The van der Waals surface area contributed by atoms with Crippen molar-refractivity contribution < 1.29 is 17.9 Å². The van der Waals surface area contributed by atoms with E-state index in [-0.39, 0.29) is 5.92 Å². The fourth-order valence-corrected chi connectivity index (χ4v) is 2.70. The van der Waals surface area contributed by atoms with Gasteiger partial charge in [0, 0.05) is 39.4 Å². The fraction of sp³-hybridized carbons (Fsp3) is 0.938. The molecular weight excluding hydrogens is 321 g/mol. The quantitative estimate of drug-likeness (QED) is 0.360. The largest absolute Gasteiger partial charge is 0.401 e. The second-order valence-corrected chi connectivity index (χ2v) is 6.06. The van der Waals surface area contributed by atoms with Gasteiger partial charge in [0.25, 0.3) is 0 Å². The number of nitrogens with zero attached hydrogens (tertiary/aromatic N) is 2. The van der Waals surface area contributed by atoms with Crippen LogP contribution in [0.25, 0.3) is 0 Å². The Balaban J connectivity index is 2.27. The topological polar surface area (TPSA) is 48.9 Å². The van der Waals surface area contributed by atoms with Crippen LogP contribution < -0.4 is 10.6 Å². The van der Waals surface area contributed by atoms with Crippen molar-refractivity contribution in [3.8, 4) is 0 Å². The Morgan fingerprint density at radius 3 is 2.71 bits per heavy atom. The molecule has 1 saturated heterocycles. The van der Waals surface area contributed by atoms with Gasteiger partial charge in [-0.2, -0.15) is 13.2 Å². The molecule has 24 heavy (non-hydrogen) atoms. The highest BCUT2D eigenvalue weighted by Gasteiger charge is 2.34. The Morgan fingerprint density at radius 1 is 1.25 bits per heavy atom. The Bertz CT molecular complexity index is 364. The van der Waals surface area contributed by atoms with Crippen molar-refractivity contribution in [2.75, 3.05) is 52.5 Å². The van der Waals surface area contributed by atoms with Crippen molar-refractivity contribution in [3.05, 3.63) is 0 Å². The number of likely N-dealkylation sites (tertiary alicyclic amines) is 1. The van der Waals surface area contributed by atoms with Crippen LogP contribution in [0.5, 0.6) is 0 Å². The molecule has 2 N–H and O–H groups in total. The van der Waals surface area contributed by atoms with E-state index in [1.807, 2.05) is 13.8 Å². The second kappa shape index (κ2) is 11.5. The molecule has 0 aliphatic carbocycles. The van der Waals surface area contributed by atoms with Gasteiger partial charge in [0.15, 0.2) is 5.96 Å². The average molecular weight is 352 g/mol. The van der Waals surface area contributed by atoms with Crippen LogP contribution in [0, 0.1) is 5.92 Å². The van der Waals surface area contributed by atoms with Gasteiger partial charge in [0.05, 0.1) is 6.54 Å². The standard InChI is InChI=1S/C16H31F3N4O/c1-3-20-15(21-8-5-6-10-24-4-2)22-11-14-7-9-23(12-14)13-16(17,18)19/h14H,3-13H2,1-2H3,(H2,20,21,22). The first kappa shape index (κ1) is 21.0. The summed E-state index contributed by atoms with van der Waals surface area (Å²) in [6.45, 7) is 7.76. The number of unbranched alkanes of at least 4 members (excludes halogenated alkanes) is 1. The highest BCUT2D eigenvalue weighted by Crippen LogP contribution is 2.22. The minimum Gasteiger partial charge on any atom is -0.382 e. The predicted molar refractivity (Wildman–Crippen MR) is 90.3 cm³/mol. The van der Waals surface area contributed by atoms with Gasteiger partial charge in [0.1, 0.15) is 0 Å². The molecule has 1 atom stereocenters. The number of aliphatic imine (C=N–C) groups is 1. The van der Waals surface area contributed by atoms with Gasteiger partial charge >= 0.3 is 6.18 Å². The maximum atomic E-state index is 12.4. The summed E-state index contributed by atoms with van der Waals surface area (Å²) in [5.74, 6) is 0.934. The van der Waals surface area contributed by atoms with Gasteiger partial charge < -0.3 is 15.4 Å². The van der Waals surface area contributed by atoms with E-state index in [0.717, 1.165) is 51.5 Å². The average Bonchev–Trinajstić information content (AvgIpc) is 2.93. The molecule has 5 nitrogen and oxygen atoms in total. The lowest BCUT2D eigenvalue weighted by Gasteiger charge is -2.17. The summed E-state index contributed by atoms with van der Waals surface area (Å²) < 4.78 is 42.5. The number of alkyl halides is 3. The van der Waals surface area contributed by atoms with E-state index in [9.17, 15) is 13.2 Å². The molecule has 1 heterocycles. The second-order valence-electron chi connectivity index (χ2n) is 6.06. The fourth-order valence-electron chi connectivity index (χ4n) is 2.70. The summed E-state index contributed by atoms with van der Waals surface area (Å²) in [6, 6.07) is 0. The summed E-state index contributed by atoms with van der Waals surface area (Å²) >= 11 is 0. The molecule has 0 aromatic carbocycles. The lowest BCUT2D eigenvalue weighted by molar-refractivity contribution is -0.143. The van der Waals surface area contributed by atoms with E-state index in [0.29, 0.717) is 19.6 Å². The minimum atomic E-state index is -4.11. The summed E-state index contributed by atoms with van der Waals surface area (Å²) in [7, 11) is 0. The first-order valence-electron chi connectivity index (χ1n) is 8.83. The number of hydrogen-bond acceptors (Lipinski definition) is 3. The Labute approximate surface area is 143 Å². The SMILES string of the molecule is CCNC(=NCC1CCN(CC(F)(F)F)C1)NCCCCOCC. The normalized spacial score (nSPS) is 19.7. The molecule has 0 bridgehead atoms. The van der Waals surface area contributed by atoms with Crippen LogP contribution in [-0.2, 0) is 4.74 Å². The van der Waals surface area contributed by atoms with Crippen LogP contribution in [-0.4, -0.2) is 69.5 Å². The number of guanidine groups is 1. The van der Waals surface area contributed by atoms with Crippen molar-refractivity contribution in [3.63, 3.8) is 0 Å². The predicted octanol–water partition coefficient (Wildman–Crippen LogP) is 2.24. The van der Waals surface area contributed by atoms with Gasteiger partial charge in [-0.05, 0) is 45.6 Å². The smallest absolute Gasteiger partial charge is 0.382 e. The highest BCUT2D eigenvalue weighted by atomic mass is 19.4. The summed E-state index contributed by atoms with van der Waals surface area (Å²) in [5, 5.41) is 6.43. The van der Waals surface area contributed by atoms with E-state index >= 15 is 0 Å². The molecule has 0 aromatic rings. The van der Waals surface area contributed by atoms with Gasteiger partial charge in [-0.1, -0.05) is 0 Å². The van der Waals surface area contributed by atoms with Crippen LogP contribution in [0.15, 0.2) is 4.99 Å². The van der Waals surface area contributed by atoms with Crippen LogP contribution in [0.2, 0.25) is 0 Å². The molecule has 1 aliphatic rings. The van der Waals surface area contributed by atoms with E-state index in [1.165, 1.54) is 4.90 Å². The zero-order chi connectivity index (χ0) is 17.8. The number of rotatable bonds is 10. The first-order valence-corrected chi connectivity index (χ1v) is 8.83. The molecule has 1 unspecified atom stereocenters. The molecule has 0 aromatic heterocycles.